The quantitative estimate of drug-likeness (QED) is 0.421. The minimum Gasteiger partial charge on any atom is -0.478 e. The van der Waals surface area contributed by atoms with Gasteiger partial charge in [0, 0.05) is 18.1 Å². The summed E-state index contributed by atoms with van der Waals surface area (Å²) in [6.07, 6.45) is -6.13. The first-order valence-electron chi connectivity index (χ1n) is 6.01. The molecule has 0 aromatic carbocycles. The Bertz CT molecular complexity index is 537. The Morgan fingerprint density at radius 2 is 1.16 bits per heavy atom. The summed E-state index contributed by atoms with van der Waals surface area (Å²) in [5, 5.41) is 7.89. The molecule has 1 N–H and O–H groups in total. The molecule has 0 aromatic heterocycles. The van der Waals surface area contributed by atoms with Crippen LogP contribution in [0.15, 0.2) is 24.3 Å². The zero-order valence-electron chi connectivity index (χ0n) is 13.1. The Kier molecular flexibility index (Phi) is 7.86. The number of halogens is 8. The molecule has 4 nitrogen and oxygen atoms in total. The molecule has 25 heavy (non-hydrogen) atoms. The summed E-state index contributed by atoms with van der Waals surface area (Å²) < 4.78 is 104. The van der Waals surface area contributed by atoms with Crippen LogP contribution in [0, 0.1) is 0 Å². The first-order chi connectivity index (χ1) is 10.7. The van der Waals surface area contributed by atoms with Gasteiger partial charge in [0.25, 0.3) is 0 Å². The summed E-state index contributed by atoms with van der Waals surface area (Å²) in [7, 11) is 0. The standard InChI is InChI=1S/C9H8F8O2.C4H6O2/c1-4(2)5(18)19-9(16,17)8(14,15)7(12,13)6(3,10)11;1-3(2)4(5)6/h1H2,2-3H3;1H2,2H3,(H,5,6). The van der Waals surface area contributed by atoms with Crippen LogP contribution in [0.5, 0.6) is 0 Å². The van der Waals surface area contributed by atoms with Crippen molar-refractivity contribution in [2.75, 3.05) is 0 Å². The lowest BCUT2D eigenvalue weighted by Crippen LogP contribution is -2.62. The lowest BCUT2D eigenvalue weighted by molar-refractivity contribution is -0.413. The smallest absolute Gasteiger partial charge is 0.473 e. The summed E-state index contributed by atoms with van der Waals surface area (Å²) in [5.74, 6) is -21.6. The topological polar surface area (TPSA) is 63.6 Å². The SMILES string of the molecule is C=C(C)C(=O)O.C=C(C)C(=O)OC(F)(F)C(F)(F)C(F)(F)C(C)(F)F. The highest BCUT2D eigenvalue weighted by molar-refractivity contribution is 5.87. The number of carboxylic acid groups (broad SMARTS) is 1. The fraction of sp³-hybridized carbons (Fsp3) is 0.538. The first-order valence-corrected chi connectivity index (χ1v) is 6.01. The molecule has 0 amide bonds. The van der Waals surface area contributed by atoms with Crippen LogP contribution in [0.2, 0.25) is 0 Å². The van der Waals surface area contributed by atoms with Gasteiger partial charge in [-0.05, 0) is 13.8 Å². The Labute approximate surface area is 136 Å². The summed E-state index contributed by atoms with van der Waals surface area (Å²) in [6.45, 7) is 7.44. The van der Waals surface area contributed by atoms with Gasteiger partial charge >= 0.3 is 35.8 Å². The van der Waals surface area contributed by atoms with Crippen LogP contribution in [0.3, 0.4) is 0 Å². The maximum atomic E-state index is 12.8. The maximum absolute atomic E-state index is 12.8. The van der Waals surface area contributed by atoms with Crippen molar-refractivity contribution < 1.29 is 54.6 Å². The molecule has 0 bridgehead atoms. The van der Waals surface area contributed by atoms with E-state index < -0.39 is 48.3 Å². The van der Waals surface area contributed by atoms with E-state index in [1.54, 1.807) is 0 Å². The van der Waals surface area contributed by atoms with Gasteiger partial charge in [-0.1, -0.05) is 13.2 Å². The molecule has 12 heteroatoms. The molecular formula is C13H14F8O4. The van der Waals surface area contributed by atoms with Crippen molar-refractivity contribution >= 4 is 11.9 Å². The van der Waals surface area contributed by atoms with Crippen molar-refractivity contribution in [3.8, 4) is 0 Å². The summed E-state index contributed by atoms with van der Waals surface area (Å²) in [4.78, 5) is 20.2. The van der Waals surface area contributed by atoms with Crippen molar-refractivity contribution in [3.05, 3.63) is 24.3 Å². The van der Waals surface area contributed by atoms with Crippen molar-refractivity contribution in [3.63, 3.8) is 0 Å². The predicted molar refractivity (Wildman–Crippen MR) is 68.8 cm³/mol. The highest BCUT2D eigenvalue weighted by Gasteiger charge is 2.81. The molecule has 0 aromatic rings. The van der Waals surface area contributed by atoms with Gasteiger partial charge in [0.2, 0.25) is 0 Å². The van der Waals surface area contributed by atoms with Crippen LogP contribution >= 0.6 is 0 Å². The Balaban J connectivity index is 0. The van der Waals surface area contributed by atoms with E-state index >= 15 is 0 Å². The van der Waals surface area contributed by atoms with Gasteiger partial charge < -0.3 is 9.84 Å². The lowest BCUT2D eigenvalue weighted by Gasteiger charge is -2.34. The molecule has 0 aliphatic rings. The maximum Gasteiger partial charge on any atom is 0.473 e. The van der Waals surface area contributed by atoms with E-state index in [4.69, 9.17) is 5.11 Å². The molecule has 0 heterocycles. The molecule has 0 atom stereocenters. The second-order valence-electron chi connectivity index (χ2n) is 4.81. The van der Waals surface area contributed by atoms with Gasteiger partial charge in [0.05, 0.1) is 0 Å². The Hall–Kier alpha value is -2.14. The number of aliphatic carboxylic acids is 1. The lowest BCUT2D eigenvalue weighted by atomic mass is 10.1. The normalized spacial score (nSPS) is 12.6. The number of hydrogen-bond donors (Lipinski definition) is 1. The molecule has 0 unspecified atom stereocenters. The second kappa shape index (κ2) is 7.83. The predicted octanol–water partition coefficient (Wildman–Crippen LogP) is 4.27. The van der Waals surface area contributed by atoms with Crippen LogP contribution in [0.25, 0.3) is 0 Å². The van der Waals surface area contributed by atoms with E-state index in [0.717, 1.165) is 6.92 Å². The minimum absolute atomic E-state index is 0.176. The highest BCUT2D eigenvalue weighted by Crippen LogP contribution is 2.52. The fourth-order valence-corrected chi connectivity index (χ4v) is 0.726. The average Bonchev–Trinajstić information content (AvgIpc) is 2.36. The molecule has 0 fully saturated rings. The van der Waals surface area contributed by atoms with Crippen LogP contribution in [0.4, 0.5) is 35.1 Å². The number of ether oxygens (including phenoxy) is 1. The van der Waals surface area contributed by atoms with E-state index in [0.29, 0.717) is 0 Å². The highest BCUT2D eigenvalue weighted by atomic mass is 19.4. The van der Waals surface area contributed by atoms with Gasteiger partial charge in [-0.25, -0.2) is 9.59 Å². The number of carbonyl (C=O) groups is 2. The van der Waals surface area contributed by atoms with Gasteiger partial charge in [0.1, 0.15) is 0 Å². The Morgan fingerprint density at radius 1 is 0.840 bits per heavy atom. The molecule has 0 rings (SSSR count). The summed E-state index contributed by atoms with van der Waals surface area (Å²) in [5.41, 5.74) is -0.628. The van der Waals surface area contributed by atoms with E-state index in [2.05, 4.69) is 17.9 Å². The molecule has 0 saturated heterocycles. The second-order valence-corrected chi connectivity index (χ2v) is 4.81. The van der Waals surface area contributed by atoms with E-state index in [1.807, 2.05) is 0 Å². The summed E-state index contributed by atoms with van der Waals surface area (Å²) >= 11 is 0. The number of hydrogen-bond acceptors (Lipinski definition) is 3. The van der Waals surface area contributed by atoms with Crippen LogP contribution in [-0.4, -0.2) is 40.9 Å². The molecule has 0 saturated carbocycles. The fourth-order valence-electron chi connectivity index (χ4n) is 0.726. The van der Waals surface area contributed by atoms with Gasteiger partial charge in [0.15, 0.2) is 0 Å². The Morgan fingerprint density at radius 3 is 1.36 bits per heavy atom. The number of alkyl halides is 8. The molecule has 146 valence electrons. The van der Waals surface area contributed by atoms with E-state index in [9.17, 15) is 44.7 Å². The van der Waals surface area contributed by atoms with Crippen molar-refractivity contribution in [1.29, 1.82) is 0 Å². The zero-order chi connectivity index (χ0) is 21.0. The molecule has 0 aliphatic carbocycles. The third-order valence-electron chi connectivity index (χ3n) is 2.25. The summed E-state index contributed by atoms with van der Waals surface area (Å²) in [6, 6.07) is 0. The van der Waals surface area contributed by atoms with E-state index in [1.165, 1.54) is 6.92 Å². The van der Waals surface area contributed by atoms with Gasteiger partial charge in [-0.2, -0.15) is 35.1 Å². The minimum atomic E-state index is -6.61. The van der Waals surface area contributed by atoms with Crippen LogP contribution in [0.1, 0.15) is 20.8 Å². The largest absolute Gasteiger partial charge is 0.478 e. The number of carbonyl (C=O) groups excluding carboxylic acids is 1. The van der Waals surface area contributed by atoms with Crippen molar-refractivity contribution in [2.45, 2.75) is 44.6 Å². The first kappa shape index (κ1) is 25.1. The number of rotatable bonds is 6. The van der Waals surface area contributed by atoms with E-state index in [-0.39, 0.29) is 5.57 Å². The third kappa shape index (κ3) is 6.02. The third-order valence-corrected chi connectivity index (χ3v) is 2.25. The van der Waals surface area contributed by atoms with Crippen molar-refractivity contribution in [2.24, 2.45) is 0 Å². The van der Waals surface area contributed by atoms with Gasteiger partial charge in [-0.15, -0.1) is 0 Å². The molecule has 0 radical (unpaired) electrons. The van der Waals surface area contributed by atoms with Crippen LogP contribution in [-0.2, 0) is 14.3 Å². The zero-order valence-corrected chi connectivity index (χ0v) is 13.1. The molecule has 0 aliphatic heterocycles. The van der Waals surface area contributed by atoms with Gasteiger partial charge in [-0.3, -0.25) is 0 Å². The number of carboxylic acids is 1. The molecular weight excluding hydrogens is 372 g/mol. The van der Waals surface area contributed by atoms with Crippen LogP contribution < -0.4 is 0 Å². The van der Waals surface area contributed by atoms with Crippen molar-refractivity contribution in [1.82, 2.24) is 0 Å². The molecule has 0 spiro atoms. The monoisotopic (exact) mass is 386 g/mol. The average molecular weight is 386 g/mol. The number of esters is 1.